The number of amides is 1. The van der Waals surface area contributed by atoms with Crippen molar-refractivity contribution in [3.63, 3.8) is 0 Å². The van der Waals surface area contributed by atoms with Crippen LogP contribution >= 0.6 is 0 Å². The summed E-state index contributed by atoms with van der Waals surface area (Å²) in [5.74, 6) is -0.202. The SMILES string of the molecule is CCC(C)(NC(=O)/C=C/c1ccc(S(=O)(=O)NC(C)C)cc1)c1ccccc1. The van der Waals surface area contributed by atoms with E-state index in [1.807, 2.05) is 44.2 Å². The number of rotatable bonds is 8. The van der Waals surface area contributed by atoms with E-state index in [1.54, 1.807) is 32.1 Å². The summed E-state index contributed by atoms with van der Waals surface area (Å²) in [6, 6.07) is 16.1. The van der Waals surface area contributed by atoms with E-state index in [1.165, 1.54) is 18.2 Å². The van der Waals surface area contributed by atoms with Crippen LogP contribution in [0.4, 0.5) is 0 Å². The summed E-state index contributed by atoms with van der Waals surface area (Å²) in [4.78, 5) is 12.6. The van der Waals surface area contributed by atoms with E-state index in [2.05, 4.69) is 10.0 Å². The van der Waals surface area contributed by atoms with Crippen LogP contribution < -0.4 is 10.0 Å². The van der Waals surface area contributed by atoms with E-state index < -0.39 is 15.6 Å². The van der Waals surface area contributed by atoms with Crippen molar-refractivity contribution in [1.82, 2.24) is 10.0 Å². The van der Waals surface area contributed by atoms with Gasteiger partial charge in [-0.15, -0.1) is 0 Å². The molecule has 28 heavy (non-hydrogen) atoms. The fourth-order valence-electron chi connectivity index (χ4n) is 2.79. The molecule has 0 saturated heterocycles. The van der Waals surface area contributed by atoms with Crippen LogP contribution in [0.3, 0.4) is 0 Å². The molecule has 0 aliphatic carbocycles. The van der Waals surface area contributed by atoms with Crippen molar-refractivity contribution in [3.8, 4) is 0 Å². The average Bonchev–Trinajstić information content (AvgIpc) is 2.66. The van der Waals surface area contributed by atoms with Gasteiger partial charge in [-0.25, -0.2) is 13.1 Å². The summed E-state index contributed by atoms with van der Waals surface area (Å²) in [6.45, 7) is 7.57. The van der Waals surface area contributed by atoms with Gasteiger partial charge >= 0.3 is 0 Å². The molecule has 5 nitrogen and oxygen atoms in total. The third kappa shape index (κ3) is 5.78. The van der Waals surface area contributed by atoms with Crippen molar-refractivity contribution in [2.24, 2.45) is 0 Å². The van der Waals surface area contributed by atoms with Crippen LogP contribution in [0.15, 0.2) is 65.6 Å². The maximum atomic E-state index is 12.4. The maximum absolute atomic E-state index is 12.4. The van der Waals surface area contributed by atoms with Crippen LogP contribution in [0.5, 0.6) is 0 Å². The second-order valence-corrected chi connectivity index (χ2v) is 8.93. The van der Waals surface area contributed by atoms with Crippen molar-refractivity contribution in [2.75, 3.05) is 0 Å². The number of hydrogen-bond donors (Lipinski definition) is 2. The molecule has 2 rings (SSSR count). The first-order chi connectivity index (χ1) is 13.2. The quantitative estimate of drug-likeness (QED) is 0.661. The van der Waals surface area contributed by atoms with Crippen LogP contribution in [0.25, 0.3) is 6.08 Å². The Labute approximate surface area is 167 Å². The van der Waals surface area contributed by atoms with E-state index in [9.17, 15) is 13.2 Å². The number of benzene rings is 2. The third-order valence-electron chi connectivity index (χ3n) is 4.53. The van der Waals surface area contributed by atoms with Gasteiger partial charge in [0.15, 0.2) is 0 Å². The zero-order valence-electron chi connectivity index (χ0n) is 16.8. The molecule has 0 saturated carbocycles. The first-order valence-corrected chi connectivity index (χ1v) is 10.8. The van der Waals surface area contributed by atoms with Gasteiger partial charge in [0.1, 0.15) is 0 Å². The Morgan fingerprint density at radius 1 is 1.07 bits per heavy atom. The van der Waals surface area contributed by atoms with Gasteiger partial charge in [-0.1, -0.05) is 49.4 Å². The van der Waals surface area contributed by atoms with E-state index in [0.29, 0.717) is 0 Å². The second-order valence-electron chi connectivity index (χ2n) is 7.22. The molecule has 2 N–H and O–H groups in total. The summed E-state index contributed by atoms with van der Waals surface area (Å²) in [7, 11) is -3.52. The normalized spacial score (nSPS) is 14.2. The Bertz CT molecular complexity index is 920. The van der Waals surface area contributed by atoms with E-state index >= 15 is 0 Å². The minimum atomic E-state index is -3.52. The predicted octanol–water partition coefficient (Wildman–Crippen LogP) is 3.83. The number of sulfonamides is 1. The van der Waals surface area contributed by atoms with Crippen molar-refractivity contribution in [2.45, 2.75) is 50.6 Å². The summed E-state index contributed by atoms with van der Waals surface area (Å²) in [6.07, 6.45) is 3.89. The van der Waals surface area contributed by atoms with Crippen LogP contribution in [0.1, 0.15) is 45.2 Å². The molecule has 0 radical (unpaired) electrons. The molecular formula is C22H28N2O3S. The maximum Gasteiger partial charge on any atom is 0.244 e. The summed E-state index contributed by atoms with van der Waals surface area (Å²) < 4.78 is 26.8. The number of hydrogen-bond acceptors (Lipinski definition) is 3. The topological polar surface area (TPSA) is 75.3 Å². The van der Waals surface area contributed by atoms with Crippen LogP contribution in [0.2, 0.25) is 0 Å². The van der Waals surface area contributed by atoms with Crippen molar-refractivity contribution >= 4 is 22.0 Å². The predicted molar refractivity (Wildman–Crippen MR) is 113 cm³/mol. The van der Waals surface area contributed by atoms with Gasteiger partial charge in [0.25, 0.3) is 0 Å². The van der Waals surface area contributed by atoms with Crippen molar-refractivity contribution in [1.29, 1.82) is 0 Å². The molecule has 0 fully saturated rings. The lowest BCUT2D eigenvalue weighted by atomic mass is 9.89. The molecular weight excluding hydrogens is 372 g/mol. The molecule has 1 amide bonds. The van der Waals surface area contributed by atoms with Gasteiger partial charge in [0, 0.05) is 12.1 Å². The molecule has 0 spiro atoms. The lowest BCUT2D eigenvalue weighted by Crippen LogP contribution is -2.42. The lowest BCUT2D eigenvalue weighted by molar-refractivity contribution is -0.118. The fourth-order valence-corrected chi connectivity index (χ4v) is 4.04. The third-order valence-corrected chi connectivity index (χ3v) is 6.20. The van der Waals surface area contributed by atoms with Gasteiger partial charge in [-0.3, -0.25) is 4.79 Å². The Balaban J connectivity index is 2.08. The average molecular weight is 401 g/mol. The zero-order valence-corrected chi connectivity index (χ0v) is 17.6. The lowest BCUT2D eigenvalue weighted by Gasteiger charge is -2.29. The molecule has 0 aliphatic rings. The number of carbonyl (C=O) groups excluding carboxylic acids is 1. The Kier molecular flexibility index (Phi) is 7.16. The Morgan fingerprint density at radius 2 is 1.68 bits per heavy atom. The summed E-state index contributed by atoms with van der Waals surface area (Å²) >= 11 is 0. The molecule has 0 bridgehead atoms. The Hall–Kier alpha value is -2.44. The van der Waals surface area contributed by atoms with Gasteiger partial charge in [0.05, 0.1) is 10.4 Å². The van der Waals surface area contributed by atoms with Crippen molar-refractivity contribution in [3.05, 3.63) is 71.8 Å². The number of carbonyl (C=O) groups is 1. The van der Waals surface area contributed by atoms with E-state index in [0.717, 1.165) is 17.5 Å². The second kappa shape index (κ2) is 9.17. The standard InChI is InChI=1S/C22H28N2O3S/c1-5-22(4,19-9-7-6-8-10-19)23-21(25)16-13-18-11-14-20(15-12-18)28(26,27)24-17(2)3/h6-17,24H,5H2,1-4H3,(H,23,25)/b16-13+. The smallest absolute Gasteiger partial charge is 0.244 e. The molecule has 0 heterocycles. The van der Waals surface area contributed by atoms with Crippen LogP contribution in [-0.4, -0.2) is 20.4 Å². The highest BCUT2D eigenvalue weighted by atomic mass is 32.2. The Morgan fingerprint density at radius 3 is 2.21 bits per heavy atom. The molecule has 2 aromatic carbocycles. The molecule has 1 unspecified atom stereocenters. The molecule has 2 aromatic rings. The van der Waals surface area contributed by atoms with Crippen LogP contribution in [-0.2, 0) is 20.4 Å². The van der Waals surface area contributed by atoms with Gasteiger partial charge in [-0.2, -0.15) is 0 Å². The molecule has 0 aliphatic heterocycles. The highest BCUT2D eigenvalue weighted by Gasteiger charge is 2.25. The highest BCUT2D eigenvalue weighted by Crippen LogP contribution is 2.24. The molecule has 6 heteroatoms. The highest BCUT2D eigenvalue weighted by molar-refractivity contribution is 7.89. The largest absolute Gasteiger partial charge is 0.343 e. The van der Waals surface area contributed by atoms with Gasteiger partial charge < -0.3 is 5.32 Å². The van der Waals surface area contributed by atoms with Crippen LogP contribution in [0, 0.1) is 0 Å². The molecule has 1 atom stereocenters. The van der Waals surface area contributed by atoms with E-state index in [-0.39, 0.29) is 16.8 Å². The first kappa shape index (κ1) is 21.9. The van der Waals surface area contributed by atoms with E-state index in [4.69, 9.17) is 0 Å². The van der Waals surface area contributed by atoms with Crippen molar-refractivity contribution < 1.29 is 13.2 Å². The molecule has 0 aromatic heterocycles. The fraction of sp³-hybridized carbons (Fsp3) is 0.318. The number of nitrogens with one attached hydrogen (secondary N) is 2. The summed E-state index contributed by atoms with van der Waals surface area (Å²) in [5.41, 5.74) is 1.34. The summed E-state index contributed by atoms with van der Waals surface area (Å²) in [5, 5.41) is 3.06. The minimum absolute atomic E-state index is 0.175. The first-order valence-electron chi connectivity index (χ1n) is 9.34. The minimum Gasteiger partial charge on any atom is -0.343 e. The van der Waals surface area contributed by atoms with Gasteiger partial charge in [-0.05, 0) is 56.5 Å². The monoisotopic (exact) mass is 400 g/mol. The molecule has 150 valence electrons. The van der Waals surface area contributed by atoms with Gasteiger partial charge in [0.2, 0.25) is 15.9 Å². The zero-order chi connectivity index (χ0) is 20.8.